The van der Waals surface area contributed by atoms with Crippen molar-refractivity contribution >= 4 is 37.4 Å². The van der Waals surface area contributed by atoms with E-state index >= 15 is 0 Å². The fraction of sp³-hybridized carbons (Fsp3) is 0.0556. The molecular formula is C18H14BrN5O2S. The molecule has 0 atom stereocenters. The van der Waals surface area contributed by atoms with Crippen molar-refractivity contribution in [3.05, 3.63) is 70.7 Å². The molecular weight excluding hydrogens is 430 g/mol. The fourth-order valence-electron chi connectivity index (χ4n) is 2.70. The van der Waals surface area contributed by atoms with Crippen molar-refractivity contribution in [3.63, 3.8) is 0 Å². The number of benzene rings is 2. The summed E-state index contributed by atoms with van der Waals surface area (Å²) in [6, 6.07) is 17.6. The average molecular weight is 444 g/mol. The predicted octanol–water partition coefficient (Wildman–Crippen LogP) is 3.66. The molecule has 9 heteroatoms. The van der Waals surface area contributed by atoms with Crippen molar-refractivity contribution < 1.29 is 8.42 Å². The van der Waals surface area contributed by atoms with Crippen LogP contribution in [0.3, 0.4) is 0 Å². The number of aryl methyl sites for hydroxylation is 1. The predicted molar refractivity (Wildman–Crippen MR) is 106 cm³/mol. The van der Waals surface area contributed by atoms with Crippen LogP contribution >= 0.6 is 15.9 Å². The first kappa shape index (κ1) is 17.6. The summed E-state index contributed by atoms with van der Waals surface area (Å²) in [5, 5.41) is 12.6. The van der Waals surface area contributed by atoms with E-state index < -0.39 is 10.0 Å². The molecule has 0 unspecified atom stereocenters. The van der Waals surface area contributed by atoms with Crippen molar-refractivity contribution in [2.24, 2.45) is 0 Å². The van der Waals surface area contributed by atoms with Crippen molar-refractivity contribution in [2.75, 3.05) is 4.72 Å². The monoisotopic (exact) mass is 443 g/mol. The van der Waals surface area contributed by atoms with E-state index in [1.54, 1.807) is 43.3 Å². The number of sulfonamides is 1. The SMILES string of the molecule is Cc1ccccc1S(=O)(=O)Nc1ccc2nnc(-c3cccc(Br)c3)n2n1. The Balaban J connectivity index is 1.76. The smallest absolute Gasteiger partial charge is 0.262 e. The summed E-state index contributed by atoms with van der Waals surface area (Å²) < 4.78 is 30.3. The number of nitrogens with one attached hydrogen (secondary N) is 1. The molecule has 0 aliphatic heterocycles. The molecule has 0 saturated carbocycles. The van der Waals surface area contributed by atoms with Gasteiger partial charge >= 0.3 is 0 Å². The van der Waals surface area contributed by atoms with E-state index in [-0.39, 0.29) is 10.7 Å². The van der Waals surface area contributed by atoms with E-state index in [1.807, 2.05) is 24.3 Å². The summed E-state index contributed by atoms with van der Waals surface area (Å²) in [6.07, 6.45) is 0. The number of halogens is 1. The van der Waals surface area contributed by atoms with Gasteiger partial charge in [0, 0.05) is 10.0 Å². The molecule has 0 bridgehead atoms. The molecule has 4 aromatic rings. The van der Waals surface area contributed by atoms with Crippen LogP contribution in [0.5, 0.6) is 0 Å². The lowest BCUT2D eigenvalue weighted by Crippen LogP contribution is -2.16. The molecule has 0 amide bonds. The number of hydrogen-bond donors (Lipinski definition) is 1. The van der Waals surface area contributed by atoms with Crippen molar-refractivity contribution in [1.29, 1.82) is 0 Å². The normalized spacial score (nSPS) is 11.6. The summed E-state index contributed by atoms with van der Waals surface area (Å²) in [5.74, 6) is 0.699. The molecule has 2 aromatic carbocycles. The number of nitrogens with zero attached hydrogens (tertiary/aromatic N) is 4. The van der Waals surface area contributed by atoms with Crippen LogP contribution in [-0.4, -0.2) is 28.2 Å². The van der Waals surface area contributed by atoms with Crippen molar-refractivity contribution in [1.82, 2.24) is 19.8 Å². The average Bonchev–Trinajstić information content (AvgIpc) is 3.05. The van der Waals surface area contributed by atoms with E-state index in [0.717, 1.165) is 10.0 Å². The van der Waals surface area contributed by atoms with E-state index in [4.69, 9.17) is 0 Å². The first-order chi connectivity index (χ1) is 12.9. The van der Waals surface area contributed by atoms with Gasteiger partial charge < -0.3 is 0 Å². The summed E-state index contributed by atoms with van der Waals surface area (Å²) in [7, 11) is -3.75. The van der Waals surface area contributed by atoms with E-state index in [2.05, 4.69) is 35.9 Å². The van der Waals surface area contributed by atoms with Crippen LogP contribution < -0.4 is 4.72 Å². The number of hydrogen-bond acceptors (Lipinski definition) is 5. The van der Waals surface area contributed by atoms with Gasteiger partial charge in [0.25, 0.3) is 10.0 Å². The highest BCUT2D eigenvalue weighted by Crippen LogP contribution is 2.23. The second-order valence-corrected chi connectivity index (χ2v) is 8.46. The van der Waals surface area contributed by atoms with Gasteiger partial charge in [-0.15, -0.1) is 15.3 Å². The van der Waals surface area contributed by atoms with Gasteiger partial charge in [-0.25, -0.2) is 8.42 Å². The standard InChI is InChI=1S/C18H14BrN5O2S/c1-12-5-2-3-8-15(12)27(25,26)23-16-9-10-17-20-21-18(24(17)22-16)13-6-4-7-14(19)11-13/h2-11H,1H3,(H,22,23). The van der Waals surface area contributed by atoms with Crippen molar-refractivity contribution in [3.8, 4) is 11.4 Å². The van der Waals surface area contributed by atoms with E-state index in [1.165, 1.54) is 4.52 Å². The zero-order chi connectivity index (χ0) is 19.0. The second-order valence-electron chi connectivity index (χ2n) is 5.89. The maximum Gasteiger partial charge on any atom is 0.263 e. The summed E-state index contributed by atoms with van der Waals surface area (Å²) >= 11 is 3.43. The maximum absolute atomic E-state index is 12.7. The van der Waals surface area contributed by atoms with Gasteiger partial charge in [0.15, 0.2) is 17.3 Å². The lowest BCUT2D eigenvalue weighted by atomic mass is 10.2. The van der Waals surface area contributed by atoms with Crippen LogP contribution in [-0.2, 0) is 10.0 Å². The van der Waals surface area contributed by atoms with Gasteiger partial charge in [0.2, 0.25) is 0 Å². The minimum atomic E-state index is -3.75. The van der Waals surface area contributed by atoms with Crippen LogP contribution in [0, 0.1) is 6.92 Å². The van der Waals surface area contributed by atoms with Gasteiger partial charge in [-0.05, 0) is 42.8 Å². The summed E-state index contributed by atoms with van der Waals surface area (Å²) in [6.45, 7) is 1.75. The van der Waals surface area contributed by atoms with Crippen molar-refractivity contribution in [2.45, 2.75) is 11.8 Å². The molecule has 2 aromatic heterocycles. The molecule has 7 nitrogen and oxygen atoms in total. The Kier molecular flexibility index (Phi) is 4.40. The molecule has 27 heavy (non-hydrogen) atoms. The molecule has 136 valence electrons. The Hall–Kier alpha value is -2.78. The topological polar surface area (TPSA) is 89.2 Å². The third-order valence-corrected chi connectivity index (χ3v) is 5.98. The lowest BCUT2D eigenvalue weighted by Gasteiger charge is -2.10. The number of rotatable bonds is 4. The molecule has 4 rings (SSSR count). The highest BCUT2D eigenvalue weighted by Gasteiger charge is 2.18. The van der Waals surface area contributed by atoms with Gasteiger partial charge in [0.05, 0.1) is 4.90 Å². The lowest BCUT2D eigenvalue weighted by molar-refractivity contribution is 0.600. The van der Waals surface area contributed by atoms with E-state index in [9.17, 15) is 8.42 Å². The Labute approximate surface area is 164 Å². The molecule has 0 aliphatic rings. The maximum atomic E-state index is 12.7. The zero-order valence-corrected chi connectivity index (χ0v) is 16.6. The molecule has 1 N–H and O–H groups in total. The Bertz CT molecular complexity index is 1250. The molecule has 0 spiro atoms. The Morgan fingerprint density at radius 2 is 1.81 bits per heavy atom. The minimum Gasteiger partial charge on any atom is -0.262 e. The summed E-state index contributed by atoms with van der Waals surface area (Å²) in [4.78, 5) is 0.211. The largest absolute Gasteiger partial charge is 0.263 e. The fourth-order valence-corrected chi connectivity index (χ4v) is 4.34. The molecule has 0 aliphatic carbocycles. The third-order valence-electron chi connectivity index (χ3n) is 3.97. The highest BCUT2D eigenvalue weighted by molar-refractivity contribution is 9.10. The van der Waals surface area contributed by atoms with Crippen LogP contribution in [0.1, 0.15) is 5.56 Å². The first-order valence-corrected chi connectivity index (χ1v) is 10.3. The van der Waals surface area contributed by atoms with Gasteiger partial charge in [-0.1, -0.05) is 46.3 Å². The molecule has 0 radical (unpaired) electrons. The number of aromatic nitrogens is 4. The highest BCUT2D eigenvalue weighted by atomic mass is 79.9. The molecule has 2 heterocycles. The Morgan fingerprint density at radius 3 is 2.59 bits per heavy atom. The minimum absolute atomic E-state index is 0.182. The number of anilines is 1. The van der Waals surface area contributed by atoms with Crippen LogP contribution in [0.25, 0.3) is 17.0 Å². The summed E-state index contributed by atoms with van der Waals surface area (Å²) in [5.41, 5.74) is 1.98. The quantitative estimate of drug-likeness (QED) is 0.519. The third kappa shape index (κ3) is 3.43. The van der Waals surface area contributed by atoms with Crippen LogP contribution in [0.4, 0.5) is 5.82 Å². The van der Waals surface area contributed by atoms with Crippen LogP contribution in [0.2, 0.25) is 0 Å². The van der Waals surface area contributed by atoms with Gasteiger partial charge in [0.1, 0.15) is 0 Å². The van der Waals surface area contributed by atoms with E-state index in [0.29, 0.717) is 17.0 Å². The molecule has 0 saturated heterocycles. The molecule has 0 fully saturated rings. The first-order valence-electron chi connectivity index (χ1n) is 8.01. The van der Waals surface area contributed by atoms with Gasteiger partial charge in [-0.3, -0.25) is 4.72 Å². The van der Waals surface area contributed by atoms with Gasteiger partial charge in [-0.2, -0.15) is 4.52 Å². The second kappa shape index (κ2) is 6.75. The Morgan fingerprint density at radius 1 is 1.00 bits per heavy atom. The van der Waals surface area contributed by atoms with Crippen LogP contribution in [0.15, 0.2) is 70.0 Å². The number of fused-ring (bicyclic) bond motifs is 1. The zero-order valence-electron chi connectivity index (χ0n) is 14.2.